The van der Waals surface area contributed by atoms with Gasteiger partial charge >= 0.3 is 0 Å². The van der Waals surface area contributed by atoms with Crippen LogP contribution in [0.3, 0.4) is 0 Å². The summed E-state index contributed by atoms with van der Waals surface area (Å²) in [6.45, 7) is 5.37. The van der Waals surface area contributed by atoms with Gasteiger partial charge in [0.1, 0.15) is 11.5 Å². The first-order valence-corrected chi connectivity index (χ1v) is 9.48. The number of benzene rings is 1. The Kier molecular flexibility index (Phi) is 8.33. The van der Waals surface area contributed by atoms with Gasteiger partial charge in [0.05, 0.1) is 25.2 Å². The van der Waals surface area contributed by atoms with Crippen molar-refractivity contribution >= 4 is 11.6 Å². The van der Waals surface area contributed by atoms with E-state index in [2.05, 4.69) is 24.0 Å². The van der Waals surface area contributed by atoms with Crippen LogP contribution >= 0.6 is 0 Å². The van der Waals surface area contributed by atoms with Crippen molar-refractivity contribution in [2.75, 3.05) is 13.2 Å². The lowest BCUT2D eigenvalue weighted by atomic mass is 10.1. The van der Waals surface area contributed by atoms with Crippen LogP contribution in [-0.4, -0.2) is 29.6 Å². The van der Waals surface area contributed by atoms with Crippen molar-refractivity contribution in [3.05, 3.63) is 53.2 Å². The number of nitrogens with one attached hydrogen (secondary N) is 1. The number of unbranched alkanes of at least 4 members (excludes halogenated alkanes) is 2. The smallest absolute Gasteiger partial charge is 0.295 e. The third-order valence-corrected chi connectivity index (χ3v) is 4.09. The number of nitrogens with zero attached hydrogens (tertiary/aromatic N) is 2. The molecule has 1 aromatic carbocycles. The van der Waals surface area contributed by atoms with E-state index in [4.69, 9.17) is 15.0 Å². The molecule has 0 aliphatic heterocycles. The fourth-order valence-electron chi connectivity index (χ4n) is 2.46. The number of ether oxygens (including phenoxy) is 2. The molecule has 1 aromatic rings. The average Bonchev–Trinajstić information content (AvgIpc) is 2.69. The van der Waals surface area contributed by atoms with E-state index >= 15 is 0 Å². The number of rotatable bonds is 10. The Labute approximate surface area is 160 Å². The van der Waals surface area contributed by atoms with Crippen LogP contribution in [0.25, 0.3) is 5.53 Å². The Morgan fingerprint density at radius 3 is 2.52 bits per heavy atom. The van der Waals surface area contributed by atoms with E-state index in [9.17, 15) is 4.79 Å². The molecule has 0 aromatic heterocycles. The van der Waals surface area contributed by atoms with Crippen LogP contribution in [0.5, 0.6) is 11.5 Å². The normalized spacial score (nSPS) is 13.0. The molecule has 0 spiro atoms. The lowest BCUT2D eigenvalue weighted by Crippen LogP contribution is -2.24. The maximum Gasteiger partial charge on any atom is 0.295 e. The molecule has 144 valence electrons. The van der Waals surface area contributed by atoms with Gasteiger partial charge in [-0.05, 0) is 43.2 Å². The molecule has 27 heavy (non-hydrogen) atoms. The molecule has 0 radical (unpaired) electrons. The molecule has 2 rings (SSSR count). The lowest BCUT2D eigenvalue weighted by molar-refractivity contribution is -0.00543. The summed E-state index contributed by atoms with van der Waals surface area (Å²) in [5, 5.41) is 2.87. The summed E-state index contributed by atoms with van der Waals surface area (Å²) >= 11 is 0. The second kappa shape index (κ2) is 11.0. The predicted octanol–water partition coefficient (Wildman–Crippen LogP) is 4.29. The fourth-order valence-corrected chi connectivity index (χ4v) is 2.46. The highest BCUT2D eigenvalue weighted by molar-refractivity contribution is 5.99. The highest BCUT2D eigenvalue weighted by atomic mass is 16.5. The van der Waals surface area contributed by atoms with Crippen LogP contribution in [0.2, 0.25) is 0 Å². The molecule has 1 N–H and O–H groups in total. The number of allylic oxidation sites excluding steroid dienone is 3. The molecule has 0 saturated carbocycles. The summed E-state index contributed by atoms with van der Waals surface area (Å²) in [4.78, 5) is 16.0. The first-order chi connectivity index (χ1) is 13.2. The minimum atomic E-state index is -0.261. The number of carbonyl (C=O) groups is 1. The Bertz CT molecular complexity index is 762. The van der Waals surface area contributed by atoms with Crippen molar-refractivity contribution in [1.29, 1.82) is 0 Å². The van der Waals surface area contributed by atoms with E-state index in [1.54, 1.807) is 30.4 Å². The van der Waals surface area contributed by atoms with Crippen molar-refractivity contribution in [1.82, 2.24) is 5.32 Å². The molecular weight excluding hydrogens is 342 g/mol. The zero-order valence-corrected chi connectivity index (χ0v) is 16.0. The molecule has 6 nitrogen and oxygen atoms in total. The van der Waals surface area contributed by atoms with E-state index < -0.39 is 0 Å². The highest BCUT2D eigenvalue weighted by Crippen LogP contribution is 2.25. The van der Waals surface area contributed by atoms with Gasteiger partial charge in [-0.3, -0.25) is 4.79 Å². The summed E-state index contributed by atoms with van der Waals surface area (Å²) < 4.78 is 11.5. The Morgan fingerprint density at radius 1 is 1.15 bits per heavy atom. The lowest BCUT2D eigenvalue weighted by Gasteiger charge is -2.14. The van der Waals surface area contributed by atoms with Crippen LogP contribution in [0.15, 0.2) is 42.1 Å². The number of hydrogen-bond donors (Lipinski definition) is 1. The maximum absolute atomic E-state index is 12.8. The molecule has 6 heteroatoms. The molecule has 1 aliphatic carbocycles. The summed E-state index contributed by atoms with van der Waals surface area (Å²) in [6.07, 6.45) is 9.58. The zero-order valence-electron chi connectivity index (χ0n) is 16.0. The SMILES string of the molecule is CCCCOc1ccc(OCCCC)c(C(=O)NC2=CCC(=[N+]=[N-])C=C2)c1. The molecule has 1 aliphatic rings. The largest absolute Gasteiger partial charge is 0.494 e. The Balaban J connectivity index is 2.15. The molecule has 0 saturated heterocycles. The number of carbonyl (C=O) groups excluding carboxylic acids is 1. The first-order valence-electron chi connectivity index (χ1n) is 9.48. The van der Waals surface area contributed by atoms with Crippen LogP contribution in [0, 0.1) is 0 Å². The Hall–Kier alpha value is -2.85. The minimum Gasteiger partial charge on any atom is -0.494 e. The van der Waals surface area contributed by atoms with E-state index in [-0.39, 0.29) is 5.91 Å². The van der Waals surface area contributed by atoms with Gasteiger partial charge in [-0.15, -0.1) is 0 Å². The number of hydrogen-bond acceptors (Lipinski definition) is 3. The molecule has 1 amide bonds. The maximum atomic E-state index is 12.8. The van der Waals surface area contributed by atoms with E-state index in [1.165, 1.54) is 0 Å². The minimum absolute atomic E-state index is 0.261. The van der Waals surface area contributed by atoms with Crippen molar-refractivity contribution in [3.63, 3.8) is 0 Å². The molecule has 0 bridgehead atoms. The summed E-state index contributed by atoms with van der Waals surface area (Å²) in [6, 6.07) is 5.34. The van der Waals surface area contributed by atoms with Gasteiger partial charge in [-0.1, -0.05) is 26.7 Å². The number of amides is 1. The van der Waals surface area contributed by atoms with Crippen molar-refractivity contribution < 1.29 is 19.1 Å². The third kappa shape index (κ3) is 6.42. The topological polar surface area (TPSA) is 84.0 Å². The van der Waals surface area contributed by atoms with Gasteiger partial charge < -0.3 is 20.3 Å². The van der Waals surface area contributed by atoms with Crippen molar-refractivity contribution in [2.24, 2.45) is 0 Å². The standard InChI is InChI=1S/C21H27N3O3/c1-3-5-13-26-18-11-12-20(27-14-6-4-2)19(15-18)21(25)23-16-7-9-17(24-22)10-8-16/h7-9,11-12,15H,3-6,10,13-14H2,1-2H3,(H,23,25). The molecular formula is C21H27N3O3. The van der Waals surface area contributed by atoms with Crippen LogP contribution in [0.1, 0.15) is 56.3 Å². The van der Waals surface area contributed by atoms with E-state index in [0.717, 1.165) is 25.7 Å². The van der Waals surface area contributed by atoms with Crippen LogP contribution < -0.4 is 14.8 Å². The van der Waals surface area contributed by atoms with Crippen molar-refractivity contribution in [3.8, 4) is 11.5 Å². The molecule has 0 fully saturated rings. The summed E-state index contributed by atoms with van der Waals surface area (Å²) in [5.74, 6) is 0.934. The zero-order chi connectivity index (χ0) is 19.5. The molecule has 0 unspecified atom stereocenters. The second-order valence-electron chi connectivity index (χ2n) is 6.30. The van der Waals surface area contributed by atoms with Crippen molar-refractivity contribution in [2.45, 2.75) is 46.0 Å². The van der Waals surface area contributed by atoms with E-state index in [1.807, 2.05) is 6.07 Å². The Morgan fingerprint density at radius 2 is 1.89 bits per heavy atom. The van der Waals surface area contributed by atoms with E-state index in [0.29, 0.717) is 48.1 Å². The third-order valence-electron chi connectivity index (χ3n) is 4.09. The van der Waals surface area contributed by atoms with Gasteiger partial charge in [0, 0.05) is 11.8 Å². The van der Waals surface area contributed by atoms with Crippen LogP contribution in [-0.2, 0) is 0 Å². The van der Waals surface area contributed by atoms with Gasteiger partial charge in [-0.2, -0.15) is 4.79 Å². The quantitative estimate of drug-likeness (QED) is 0.379. The van der Waals surface area contributed by atoms with Gasteiger partial charge in [0.15, 0.2) is 0 Å². The average molecular weight is 369 g/mol. The van der Waals surface area contributed by atoms with Gasteiger partial charge in [0.25, 0.3) is 11.6 Å². The molecule has 0 heterocycles. The monoisotopic (exact) mass is 369 g/mol. The summed E-state index contributed by atoms with van der Waals surface area (Å²) in [5.41, 5.74) is 10.4. The second-order valence-corrected chi connectivity index (χ2v) is 6.30. The summed E-state index contributed by atoms with van der Waals surface area (Å²) in [7, 11) is 0. The first kappa shape index (κ1) is 20.5. The fraction of sp³-hybridized carbons (Fsp3) is 0.429. The van der Waals surface area contributed by atoms with Gasteiger partial charge in [0.2, 0.25) is 0 Å². The van der Waals surface area contributed by atoms with Gasteiger partial charge in [-0.25, -0.2) is 0 Å². The van der Waals surface area contributed by atoms with Crippen LogP contribution in [0.4, 0.5) is 0 Å². The predicted molar refractivity (Wildman–Crippen MR) is 105 cm³/mol. The molecule has 0 atom stereocenters. The highest BCUT2D eigenvalue weighted by Gasteiger charge is 2.17.